The van der Waals surface area contributed by atoms with Gasteiger partial charge in [-0.1, -0.05) is 37.1 Å². The maximum absolute atomic E-state index is 12.5. The minimum absolute atomic E-state index is 0.00882. The van der Waals surface area contributed by atoms with Crippen molar-refractivity contribution >= 4 is 35.1 Å². The van der Waals surface area contributed by atoms with E-state index in [0.717, 1.165) is 31.4 Å². The van der Waals surface area contributed by atoms with Crippen molar-refractivity contribution in [3.8, 4) is 0 Å². The monoisotopic (exact) mass is 465 g/mol. The van der Waals surface area contributed by atoms with Gasteiger partial charge in [0.2, 0.25) is 0 Å². The first-order valence-electron chi connectivity index (χ1n) is 10.5. The summed E-state index contributed by atoms with van der Waals surface area (Å²) >= 11 is 5.98. The van der Waals surface area contributed by atoms with Crippen molar-refractivity contribution in [1.29, 1.82) is 0 Å². The van der Waals surface area contributed by atoms with Crippen LogP contribution in [0.5, 0.6) is 0 Å². The molecule has 0 heterocycles. The molecular weight excluding hydrogens is 438 g/mol. The van der Waals surface area contributed by atoms with Crippen LogP contribution < -0.4 is 10.6 Å². The standard InChI is InChI=1S/C22H28ClN3O6/c1-14(2)20(25-21(28)17-9-8-16(26(30)31)12-18(17)23)22(29)32-13-19(27)24-11-10-15-6-4-3-5-7-15/h6,8-9,12,14,20H,3-5,7,10-11,13H2,1-2H3,(H,24,27)(H,25,28)/t20-/m0/s1. The zero-order chi connectivity index (χ0) is 23.7. The van der Waals surface area contributed by atoms with Crippen molar-refractivity contribution in [2.45, 2.75) is 52.0 Å². The summed E-state index contributed by atoms with van der Waals surface area (Å²) in [5, 5.41) is 16.0. The molecule has 2 rings (SSSR count). The van der Waals surface area contributed by atoms with Gasteiger partial charge >= 0.3 is 5.97 Å². The lowest BCUT2D eigenvalue weighted by Gasteiger charge is -2.21. The summed E-state index contributed by atoms with van der Waals surface area (Å²) in [7, 11) is 0. The van der Waals surface area contributed by atoms with Crippen LogP contribution in [0.1, 0.15) is 56.3 Å². The summed E-state index contributed by atoms with van der Waals surface area (Å²) in [6.07, 6.45) is 7.50. The lowest BCUT2D eigenvalue weighted by atomic mass is 9.97. The molecule has 2 N–H and O–H groups in total. The Hall–Kier alpha value is -2.94. The number of halogens is 1. The maximum Gasteiger partial charge on any atom is 0.329 e. The summed E-state index contributed by atoms with van der Waals surface area (Å²) in [6, 6.07) is 2.41. The second-order valence-electron chi connectivity index (χ2n) is 7.93. The molecule has 0 fully saturated rings. The zero-order valence-electron chi connectivity index (χ0n) is 18.2. The van der Waals surface area contributed by atoms with Crippen LogP contribution >= 0.6 is 11.6 Å². The fourth-order valence-electron chi connectivity index (χ4n) is 3.29. The van der Waals surface area contributed by atoms with Gasteiger partial charge in [-0.25, -0.2) is 4.79 Å². The van der Waals surface area contributed by atoms with E-state index in [1.54, 1.807) is 13.8 Å². The Balaban J connectivity index is 1.86. The first-order valence-corrected chi connectivity index (χ1v) is 10.9. The van der Waals surface area contributed by atoms with Gasteiger partial charge in [0, 0.05) is 18.7 Å². The van der Waals surface area contributed by atoms with Gasteiger partial charge in [0.05, 0.1) is 15.5 Å². The minimum atomic E-state index is -1.02. The van der Waals surface area contributed by atoms with E-state index < -0.39 is 35.4 Å². The summed E-state index contributed by atoms with van der Waals surface area (Å²) in [4.78, 5) is 47.2. The highest BCUT2D eigenvalue weighted by atomic mass is 35.5. The SMILES string of the molecule is CC(C)[C@H](NC(=O)c1ccc([N+](=O)[O-])cc1Cl)C(=O)OCC(=O)NCCC1=CCCCC1. The number of nitro groups is 1. The fraction of sp³-hybridized carbons (Fsp3) is 0.500. The molecule has 0 aromatic heterocycles. The number of nitro benzene ring substituents is 1. The Morgan fingerprint density at radius 3 is 2.59 bits per heavy atom. The Morgan fingerprint density at radius 1 is 1.25 bits per heavy atom. The molecule has 0 spiro atoms. The lowest BCUT2D eigenvalue weighted by molar-refractivity contribution is -0.384. The molecule has 1 aliphatic rings. The van der Waals surface area contributed by atoms with E-state index in [0.29, 0.717) is 6.54 Å². The van der Waals surface area contributed by atoms with E-state index in [1.807, 2.05) is 0 Å². The molecule has 1 aliphatic carbocycles. The molecule has 0 saturated heterocycles. The second-order valence-corrected chi connectivity index (χ2v) is 8.34. The van der Waals surface area contributed by atoms with Crippen molar-refractivity contribution in [3.63, 3.8) is 0 Å². The van der Waals surface area contributed by atoms with E-state index >= 15 is 0 Å². The van der Waals surface area contributed by atoms with Crippen LogP contribution in [0, 0.1) is 16.0 Å². The highest BCUT2D eigenvalue weighted by molar-refractivity contribution is 6.34. The van der Waals surface area contributed by atoms with Crippen LogP contribution in [0.4, 0.5) is 5.69 Å². The number of hydrogen-bond acceptors (Lipinski definition) is 6. The number of rotatable bonds is 10. The quantitative estimate of drug-likeness (QED) is 0.235. The molecule has 0 saturated carbocycles. The Labute approximate surface area is 191 Å². The number of nitrogens with zero attached hydrogens (tertiary/aromatic N) is 1. The summed E-state index contributed by atoms with van der Waals surface area (Å²) in [6.45, 7) is 3.45. The average Bonchev–Trinajstić information content (AvgIpc) is 2.76. The first-order chi connectivity index (χ1) is 15.2. The highest BCUT2D eigenvalue weighted by Gasteiger charge is 2.28. The van der Waals surface area contributed by atoms with E-state index in [-0.39, 0.29) is 22.2 Å². The Bertz CT molecular complexity index is 900. The van der Waals surface area contributed by atoms with Crippen LogP contribution in [0.25, 0.3) is 0 Å². The molecule has 1 atom stereocenters. The van der Waals surface area contributed by atoms with Gasteiger partial charge in [0.15, 0.2) is 6.61 Å². The number of carbonyl (C=O) groups excluding carboxylic acids is 3. The highest BCUT2D eigenvalue weighted by Crippen LogP contribution is 2.23. The molecule has 2 amide bonds. The first kappa shape index (κ1) is 25.3. The van der Waals surface area contributed by atoms with E-state index in [4.69, 9.17) is 16.3 Å². The predicted molar refractivity (Wildman–Crippen MR) is 119 cm³/mol. The number of allylic oxidation sites excluding steroid dienone is 1. The van der Waals surface area contributed by atoms with Crippen molar-refractivity contribution in [2.75, 3.05) is 13.2 Å². The number of carbonyl (C=O) groups is 3. The minimum Gasteiger partial charge on any atom is -0.454 e. The molecule has 174 valence electrons. The van der Waals surface area contributed by atoms with Crippen LogP contribution in [0.15, 0.2) is 29.8 Å². The Kier molecular flexibility index (Phi) is 9.64. The summed E-state index contributed by atoms with van der Waals surface area (Å²) < 4.78 is 5.08. The summed E-state index contributed by atoms with van der Waals surface area (Å²) in [5.74, 6) is -2.17. The zero-order valence-corrected chi connectivity index (χ0v) is 18.9. The second kappa shape index (κ2) is 12.2. The molecule has 1 aromatic carbocycles. The van der Waals surface area contributed by atoms with Gasteiger partial charge in [0.1, 0.15) is 6.04 Å². The number of amides is 2. The predicted octanol–water partition coefficient (Wildman–Crippen LogP) is 3.55. The number of hydrogen-bond donors (Lipinski definition) is 2. The van der Waals surface area contributed by atoms with Crippen LogP contribution in [0.2, 0.25) is 5.02 Å². The van der Waals surface area contributed by atoms with E-state index in [9.17, 15) is 24.5 Å². The van der Waals surface area contributed by atoms with Crippen molar-refractivity contribution in [3.05, 3.63) is 50.5 Å². The number of nitrogens with one attached hydrogen (secondary N) is 2. The third kappa shape index (κ3) is 7.64. The smallest absolute Gasteiger partial charge is 0.329 e. The molecular formula is C22H28ClN3O6. The van der Waals surface area contributed by atoms with E-state index in [2.05, 4.69) is 16.7 Å². The largest absolute Gasteiger partial charge is 0.454 e. The van der Waals surface area contributed by atoms with Gasteiger partial charge in [0.25, 0.3) is 17.5 Å². The average molecular weight is 466 g/mol. The molecule has 1 aromatic rings. The van der Waals surface area contributed by atoms with Crippen molar-refractivity contribution in [1.82, 2.24) is 10.6 Å². The number of ether oxygens (including phenoxy) is 1. The normalized spacial score (nSPS) is 14.3. The van der Waals surface area contributed by atoms with Crippen molar-refractivity contribution in [2.24, 2.45) is 5.92 Å². The molecule has 0 bridgehead atoms. The van der Waals surface area contributed by atoms with Crippen LogP contribution in [-0.4, -0.2) is 41.9 Å². The van der Waals surface area contributed by atoms with Gasteiger partial charge in [-0.2, -0.15) is 0 Å². The molecule has 9 nitrogen and oxygen atoms in total. The van der Waals surface area contributed by atoms with Crippen LogP contribution in [-0.2, 0) is 14.3 Å². The third-order valence-electron chi connectivity index (χ3n) is 5.11. The topological polar surface area (TPSA) is 128 Å². The molecule has 32 heavy (non-hydrogen) atoms. The molecule has 10 heteroatoms. The Morgan fingerprint density at radius 2 is 2.00 bits per heavy atom. The van der Waals surface area contributed by atoms with Gasteiger partial charge < -0.3 is 15.4 Å². The van der Waals surface area contributed by atoms with E-state index in [1.165, 1.54) is 24.5 Å². The maximum atomic E-state index is 12.5. The fourth-order valence-corrected chi connectivity index (χ4v) is 3.55. The van der Waals surface area contributed by atoms with Crippen LogP contribution in [0.3, 0.4) is 0 Å². The summed E-state index contributed by atoms with van der Waals surface area (Å²) in [5.41, 5.74) is 1.07. The van der Waals surface area contributed by atoms with Crippen molar-refractivity contribution < 1.29 is 24.0 Å². The molecule has 0 radical (unpaired) electrons. The third-order valence-corrected chi connectivity index (χ3v) is 5.43. The van der Waals surface area contributed by atoms with Gasteiger partial charge in [-0.3, -0.25) is 19.7 Å². The molecule has 0 aliphatic heterocycles. The number of esters is 1. The van der Waals surface area contributed by atoms with Gasteiger partial charge in [-0.15, -0.1) is 0 Å². The number of non-ortho nitro benzene ring substituents is 1. The molecule has 0 unspecified atom stereocenters. The lowest BCUT2D eigenvalue weighted by Crippen LogP contribution is -2.46. The number of benzene rings is 1. The van der Waals surface area contributed by atoms with Gasteiger partial charge in [-0.05, 0) is 44.1 Å².